The topological polar surface area (TPSA) is 18.5 Å². The molecule has 2 fully saturated rings. The Hall–Kier alpha value is -1.78. The minimum absolute atomic E-state index is 0.104. The first-order valence-corrected chi connectivity index (χ1v) is 12.9. The van der Waals surface area contributed by atoms with Gasteiger partial charge >= 0.3 is 0 Å². The van der Waals surface area contributed by atoms with E-state index in [0.717, 1.165) is 12.3 Å². The van der Waals surface area contributed by atoms with Crippen LogP contribution in [0.5, 0.6) is 0 Å². The van der Waals surface area contributed by atoms with Crippen molar-refractivity contribution in [3.8, 4) is 0 Å². The van der Waals surface area contributed by atoms with Gasteiger partial charge in [0.1, 0.15) is 0 Å². The average Bonchev–Trinajstić information content (AvgIpc) is 2.86. The summed E-state index contributed by atoms with van der Waals surface area (Å²) in [6, 6.07) is 12.2. The molecule has 1 aliphatic heterocycles. The van der Waals surface area contributed by atoms with Crippen LogP contribution in [0.4, 0.5) is 8.78 Å². The molecule has 0 unspecified atom stereocenters. The Morgan fingerprint density at radius 3 is 2.00 bits per heavy atom. The van der Waals surface area contributed by atoms with Gasteiger partial charge < -0.3 is 9.47 Å². The van der Waals surface area contributed by atoms with Crippen molar-refractivity contribution in [2.45, 2.75) is 89.8 Å². The van der Waals surface area contributed by atoms with Gasteiger partial charge in [0.15, 0.2) is 17.9 Å². The van der Waals surface area contributed by atoms with Gasteiger partial charge in [-0.15, -0.1) is 0 Å². The van der Waals surface area contributed by atoms with Gasteiger partial charge in [0.25, 0.3) is 0 Å². The average molecular weight is 457 g/mol. The lowest BCUT2D eigenvalue weighted by molar-refractivity contribution is -0.193. The molecule has 1 saturated heterocycles. The van der Waals surface area contributed by atoms with Crippen molar-refractivity contribution < 1.29 is 18.3 Å². The molecule has 0 N–H and O–H groups in total. The second-order valence-electron chi connectivity index (χ2n) is 9.91. The highest BCUT2D eigenvalue weighted by Crippen LogP contribution is 2.38. The van der Waals surface area contributed by atoms with Crippen LogP contribution in [0.25, 0.3) is 0 Å². The fourth-order valence-electron chi connectivity index (χ4n) is 5.44. The standard InChI is InChI=1S/C29H38F2O2/c1-3-5-7-20-8-10-21(11-9-20)22-12-14-23(15-13-22)25-18-32-29(33-19-25)26-17-16-24(6-4-2)27(30)28(26)31/h12-17,20-21,25,29H,3-11,18-19H2,1-2H3. The van der Waals surface area contributed by atoms with Gasteiger partial charge in [-0.25, -0.2) is 8.78 Å². The van der Waals surface area contributed by atoms with Crippen LogP contribution < -0.4 is 0 Å². The summed E-state index contributed by atoms with van der Waals surface area (Å²) in [6.45, 7) is 5.09. The Morgan fingerprint density at radius 2 is 1.39 bits per heavy atom. The van der Waals surface area contributed by atoms with Gasteiger partial charge in [0, 0.05) is 11.5 Å². The molecule has 1 heterocycles. The van der Waals surface area contributed by atoms with Crippen LogP contribution in [-0.2, 0) is 15.9 Å². The summed E-state index contributed by atoms with van der Waals surface area (Å²) in [5.74, 6) is 0.0732. The first-order valence-electron chi connectivity index (χ1n) is 12.9. The van der Waals surface area contributed by atoms with E-state index >= 15 is 0 Å². The molecule has 2 aromatic rings. The van der Waals surface area contributed by atoms with E-state index in [4.69, 9.17) is 9.47 Å². The fourth-order valence-corrected chi connectivity index (χ4v) is 5.44. The van der Waals surface area contributed by atoms with Crippen molar-refractivity contribution in [3.63, 3.8) is 0 Å². The van der Waals surface area contributed by atoms with Crippen molar-refractivity contribution in [1.29, 1.82) is 0 Å². The number of ether oxygens (including phenoxy) is 2. The van der Waals surface area contributed by atoms with E-state index in [1.165, 1.54) is 56.1 Å². The van der Waals surface area contributed by atoms with Gasteiger partial charge in [-0.3, -0.25) is 0 Å². The maximum atomic E-state index is 14.6. The third-order valence-corrected chi connectivity index (χ3v) is 7.55. The molecular weight excluding hydrogens is 418 g/mol. The van der Waals surface area contributed by atoms with E-state index in [9.17, 15) is 8.78 Å². The minimum atomic E-state index is -0.853. The van der Waals surface area contributed by atoms with Gasteiger partial charge in [-0.1, -0.05) is 75.9 Å². The smallest absolute Gasteiger partial charge is 0.186 e. The van der Waals surface area contributed by atoms with E-state index in [1.807, 2.05) is 6.92 Å². The largest absolute Gasteiger partial charge is 0.348 e. The summed E-state index contributed by atoms with van der Waals surface area (Å²) in [7, 11) is 0. The van der Waals surface area contributed by atoms with E-state index < -0.39 is 17.9 Å². The first-order chi connectivity index (χ1) is 16.1. The van der Waals surface area contributed by atoms with Crippen molar-refractivity contribution >= 4 is 0 Å². The number of unbranched alkanes of at least 4 members (excludes halogenated alkanes) is 1. The Balaban J connectivity index is 1.31. The number of aryl methyl sites for hydroxylation is 1. The highest BCUT2D eigenvalue weighted by atomic mass is 19.2. The second-order valence-corrected chi connectivity index (χ2v) is 9.91. The summed E-state index contributed by atoms with van der Waals surface area (Å²) in [6.07, 6.45) is 9.80. The van der Waals surface area contributed by atoms with Gasteiger partial charge in [0.05, 0.1) is 13.2 Å². The fraction of sp³-hybridized carbons (Fsp3) is 0.586. The van der Waals surface area contributed by atoms with Crippen molar-refractivity contribution in [2.24, 2.45) is 5.92 Å². The summed E-state index contributed by atoms with van der Waals surface area (Å²) >= 11 is 0. The molecule has 0 aromatic heterocycles. The van der Waals surface area contributed by atoms with Gasteiger partial charge in [0.2, 0.25) is 0 Å². The van der Waals surface area contributed by atoms with Crippen LogP contribution in [0.15, 0.2) is 36.4 Å². The zero-order chi connectivity index (χ0) is 23.2. The highest BCUT2D eigenvalue weighted by molar-refractivity contribution is 5.30. The number of benzene rings is 2. The zero-order valence-corrected chi connectivity index (χ0v) is 20.1. The predicted octanol–water partition coefficient (Wildman–Crippen LogP) is 8.21. The van der Waals surface area contributed by atoms with Crippen LogP contribution in [0.1, 0.15) is 106 Å². The molecule has 180 valence electrons. The number of halogens is 2. The van der Waals surface area contributed by atoms with Crippen LogP contribution in [0, 0.1) is 17.6 Å². The van der Waals surface area contributed by atoms with E-state index in [1.54, 1.807) is 12.1 Å². The lowest BCUT2D eigenvalue weighted by Crippen LogP contribution is -2.26. The molecule has 0 bridgehead atoms. The number of hydrogen-bond donors (Lipinski definition) is 0. The third kappa shape index (κ3) is 5.84. The van der Waals surface area contributed by atoms with Gasteiger partial charge in [-0.05, 0) is 60.6 Å². The molecule has 4 rings (SSSR count). The van der Waals surface area contributed by atoms with Crippen molar-refractivity contribution in [1.82, 2.24) is 0 Å². The highest BCUT2D eigenvalue weighted by Gasteiger charge is 2.29. The molecule has 4 heteroatoms. The molecule has 1 aliphatic carbocycles. The maximum absolute atomic E-state index is 14.6. The summed E-state index contributed by atoms with van der Waals surface area (Å²) in [5.41, 5.74) is 3.17. The third-order valence-electron chi connectivity index (χ3n) is 7.55. The Bertz CT molecular complexity index is 879. The van der Waals surface area contributed by atoms with Crippen LogP contribution in [0.2, 0.25) is 0 Å². The molecule has 0 radical (unpaired) electrons. The molecule has 0 spiro atoms. The molecule has 2 aromatic carbocycles. The molecule has 0 amide bonds. The maximum Gasteiger partial charge on any atom is 0.186 e. The zero-order valence-electron chi connectivity index (χ0n) is 20.1. The Labute approximate surface area is 197 Å². The van der Waals surface area contributed by atoms with E-state index in [2.05, 4.69) is 31.2 Å². The molecule has 33 heavy (non-hydrogen) atoms. The first kappa shape index (κ1) is 24.3. The van der Waals surface area contributed by atoms with Crippen LogP contribution in [-0.4, -0.2) is 13.2 Å². The molecule has 2 aliphatic rings. The summed E-state index contributed by atoms with van der Waals surface area (Å²) in [5, 5.41) is 0. The number of hydrogen-bond acceptors (Lipinski definition) is 2. The number of rotatable bonds is 8. The lowest BCUT2D eigenvalue weighted by Gasteiger charge is -2.31. The molecule has 1 saturated carbocycles. The van der Waals surface area contributed by atoms with E-state index in [-0.39, 0.29) is 11.5 Å². The van der Waals surface area contributed by atoms with Crippen LogP contribution in [0.3, 0.4) is 0 Å². The molecule has 0 atom stereocenters. The minimum Gasteiger partial charge on any atom is -0.348 e. The quantitative estimate of drug-likeness (QED) is 0.398. The Morgan fingerprint density at radius 1 is 0.758 bits per heavy atom. The monoisotopic (exact) mass is 456 g/mol. The molecule has 2 nitrogen and oxygen atoms in total. The second kappa shape index (κ2) is 11.6. The summed E-state index contributed by atoms with van der Waals surface area (Å²) < 4.78 is 40.5. The van der Waals surface area contributed by atoms with E-state index in [0.29, 0.717) is 31.1 Å². The van der Waals surface area contributed by atoms with Crippen molar-refractivity contribution in [3.05, 3.63) is 70.3 Å². The normalized spacial score (nSPS) is 25.8. The summed E-state index contributed by atoms with van der Waals surface area (Å²) in [4.78, 5) is 0. The molecular formula is C29H38F2O2. The predicted molar refractivity (Wildman–Crippen MR) is 128 cm³/mol. The SMILES string of the molecule is CCCCC1CCC(c2ccc(C3COC(c4ccc(CCC)c(F)c4F)OC3)cc2)CC1. The van der Waals surface area contributed by atoms with Gasteiger partial charge in [-0.2, -0.15) is 0 Å². The van der Waals surface area contributed by atoms with Crippen molar-refractivity contribution in [2.75, 3.05) is 13.2 Å². The van der Waals surface area contributed by atoms with Crippen LogP contribution >= 0.6 is 0 Å². The Kier molecular flexibility index (Phi) is 8.54. The lowest BCUT2D eigenvalue weighted by atomic mass is 9.77.